The van der Waals surface area contributed by atoms with Crippen molar-refractivity contribution in [1.82, 2.24) is 0 Å². The molecule has 0 aliphatic carbocycles. The molecule has 1 aromatic carbocycles. The van der Waals surface area contributed by atoms with Crippen LogP contribution in [0.15, 0.2) is 17.0 Å². The molecule has 0 fully saturated rings. The van der Waals surface area contributed by atoms with Crippen LogP contribution >= 0.6 is 12.6 Å². The summed E-state index contributed by atoms with van der Waals surface area (Å²) in [4.78, 5) is 1.12. The Hall–Kier alpha value is 0.0895. The first kappa shape index (κ1) is 11.1. The molecule has 0 aromatic heterocycles. The van der Waals surface area contributed by atoms with Crippen molar-refractivity contribution in [1.29, 1.82) is 0 Å². The minimum atomic E-state index is 0. The first-order chi connectivity index (χ1) is 4.61. The number of hydrogen-bond donors (Lipinski definition) is 1. The van der Waals surface area contributed by atoms with E-state index in [2.05, 4.69) is 45.5 Å². The van der Waals surface area contributed by atoms with Crippen LogP contribution < -0.4 is 0 Å². The fourth-order valence-corrected chi connectivity index (χ4v) is 1.30. The van der Waals surface area contributed by atoms with Gasteiger partial charge < -0.3 is 0 Å². The second kappa shape index (κ2) is 4.20. The molecule has 0 atom stereocenters. The van der Waals surface area contributed by atoms with Crippen LogP contribution in [0, 0.1) is 20.8 Å². The third-order valence-electron chi connectivity index (χ3n) is 1.64. The van der Waals surface area contributed by atoms with E-state index in [0.29, 0.717) is 0 Å². The van der Waals surface area contributed by atoms with Crippen LogP contribution in [0.4, 0.5) is 0 Å². The van der Waals surface area contributed by atoms with E-state index in [1.165, 1.54) is 16.7 Å². The normalized spacial score (nSPS) is 9.09. The van der Waals surface area contributed by atoms with Crippen molar-refractivity contribution in [2.75, 3.05) is 0 Å². The Morgan fingerprint density at radius 3 is 1.73 bits per heavy atom. The Kier molecular flexibility index (Phi) is 4.23. The van der Waals surface area contributed by atoms with Gasteiger partial charge in [-0.25, -0.2) is 0 Å². The van der Waals surface area contributed by atoms with Crippen molar-refractivity contribution in [2.45, 2.75) is 25.7 Å². The van der Waals surface area contributed by atoms with Crippen molar-refractivity contribution in [3.63, 3.8) is 0 Å². The zero-order valence-electron chi connectivity index (χ0n) is 6.90. The van der Waals surface area contributed by atoms with Crippen molar-refractivity contribution >= 4 is 12.6 Å². The van der Waals surface area contributed by atoms with E-state index in [4.69, 9.17) is 0 Å². The number of rotatable bonds is 0. The van der Waals surface area contributed by atoms with Gasteiger partial charge in [0.1, 0.15) is 0 Å². The molecule has 63 valence electrons. The van der Waals surface area contributed by atoms with Gasteiger partial charge in [0, 0.05) is 4.90 Å². The average Bonchev–Trinajstić information content (AvgIpc) is 1.82. The summed E-state index contributed by atoms with van der Waals surface area (Å²) in [6.07, 6.45) is 0. The Bertz CT molecular complexity index is 233. The van der Waals surface area contributed by atoms with Crippen molar-refractivity contribution in [3.8, 4) is 0 Å². The molecule has 1 rings (SSSR count). The molecule has 0 spiro atoms. The Morgan fingerprint density at radius 1 is 1.00 bits per heavy atom. The van der Waals surface area contributed by atoms with E-state index in [1.54, 1.807) is 0 Å². The van der Waals surface area contributed by atoms with Gasteiger partial charge in [0.05, 0.1) is 0 Å². The predicted molar refractivity (Wildman–Crippen MR) is 47.9 cm³/mol. The molecule has 0 amide bonds. The second-order valence-electron chi connectivity index (χ2n) is 2.75. The Balaban J connectivity index is 0.000001000. The molecule has 0 nitrogen and oxygen atoms in total. The summed E-state index contributed by atoms with van der Waals surface area (Å²) in [6, 6.07) is 4.30. The summed E-state index contributed by atoms with van der Waals surface area (Å²) in [5.41, 5.74) is 3.84. The van der Waals surface area contributed by atoms with Crippen molar-refractivity contribution in [3.05, 3.63) is 28.8 Å². The van der Waals surface area contributed by atoms with Crippen LogP contribution in [0.5, 0.6) is 0 Å². The zero-order valence-corrected chi connectivity index (χ0v) is 8.74. The Labute approximate surface area is 84.3 Å². The molecule has 0 bridgehead atoms. The molecule has 0 unspecified atom stereocenters. The maximum atomic E-state index is 4.36. The van der Waals surface area contributed by atoms with E-state index < -0.39 is 0 Å². The molecule has 0 saturated heterocycles. The summed E-state index contributed by atoms with van der Waals surface area (Å²) < 4.78 is 0. The smallest absolute Gasteiger partial charge is 0.143 e. The van der Waals surface area contributed by atoms with E-state index in [-0.39, 0.29) is 17.1 Å². The largest absolute Gasteiger partial charge is 2.00 e. The number of benzene rings is 1. The number of hydrogen-bond acceptors (Lipinski definition) is 1. The fraction of sp³-hybridized carbons (Fsp3) is 0.333. The van der Waals surface area contributed by atoms with E-state index >= 15 is 0 Å². The van der Waals surface area contributed by atoms with Crippen molar-refractivity contribution < 1.29 is 17.1 Å². The Morgan fingerprint density at radius 2 is 1.36 bits per heavy atom. The third kappa shape index (κ3) is 2.55. The van der Waals surface area contributed by atoms with E-state index in [1.807, 2.05) is 0 Å². The molecule has 1 radical (unpaired) electrons. The van der Waals surface area contributed by atoms with E-state index in [9.17, 15) is 0 Å². The molecule has 0 aliphatic rings. The van der Waals surface area contributed by atoms with Crippen LogP contribution in [0.1, 0.15) is 16.7 Å². The summed E-state index contributed by atoms with van der Waals surface area (Å²) in [5, 5.41) is 0. The number of thiol groups is 1. The number of aryl methyl sites for hydroxylation is 3. The molecule has 0 N–H and O–H groups in total. The molecule has 1 aromatic rings. The quantitative estimate of drug-likeness (QED) is 0.500. The minimum Gasteiger partial charge on any atom is -0.143 e. The van der Waals surface area contributed by atoms with Crippen LogP contribution in [0.2, 0.25) is 0 Å². The molecular weight excluding hydrogens is 204 g/mol. The molecule has 2 heteroatoms. The first-order valence-corrected chi connectivity index (χ1v) is 3.83. The van der Waals surface area contributed by atoms with Gasteiger partial charge in [-0.3, -0.25) is 0 Å². The van der Waals surface area contributed by atoms with Gasteiger partial charge in [0.15, 0.2) is 0 Å². The van der Waals surface area contributed by atoms with Gasteiger partial charge in [-0.15, -0.1) is 12.6 Å². The second-order valence-corrected chi connectivity index (χ2v) is 3.19. The minimum absolute atomic E-state index is 0. The molecule has 0 aliphatic heterocycles. The van der Waals surface area contributed by atoms with Gasteiger partial charge in [-0.1, -0.05) is 17.7 Å². The summed E-state index contributed by atoms with van der Waals surface area (Å²) in [5.74, 6) is 0. The third-order valence-corrected chi connectivity index (χ3v) is 2.34. The van der Waals surface area contributed by atoms with Crippen LogP contribution in [0.3, 0.4) is 0 Å². The average molecular weight is 216 g/mol. The summed E-state index contributed by atoms with van der Waals surface area (Å²) in [6.45, 7) is 6.28. The fourth-order valence-electron chi connectivity index (χ4n) is 1.17. The van der Waals surface area contributed by atoms with E-state index in [0.717, 1.165) is 4.90 Å². The molecular formula is C9H12CuS+2. The summed E-state index contributed by atoms with van der Waals surface area (Å²) in [7, 11) is 0. The molecule has 0 saturated carbocycles. The SMILES string of the molecule is Cc1cc(C)c(S)c(C)c1.[Cu+2]. The van der Waals surface area contributed by atoms with Gasteiger partial charge in [-0.2, -0.15) is 0 Å². The zero-order chi connectivity index (χ0) is 7.72. The first-order valence-electron chi connectivity index (χ1n) is 3.38. The van der Waals surface area contributed by atoms with Crippen molar-refractivity contribution in [2.24, 2.45) is 0 Å². The standard InChI is InChI=1S/C9H12S.Cu/c1-6-4-7(2)9(10)8(3)5-6;/h4-5,10H,1-3H3;/q;+2. The van der Waals surface area contributed by atoms with Crippen LogP contribution in [0.25, 0.3) is 0 Å². The van der Waals surface area contributed by atoms with Gasteiger partial charge in [-0.05, 0) is 31.9 Å². The monoisotopic (exact) mass is 215 g/mol. The topological polar surface area (TPSA) is 0 Å². The van der Waals surface area contributed by atoms with Gasteiger partial charge in [0.2, 0.25) is 0 Å². The van der Waals surface area contributed by atoms with Gasteiger partial charge >= 0.3 is 17.1 Å². The molecule has 0 heterocycles. The van der Waals surface area contributed by atoms with Crippen LogP contribution in [-0.2, 0) is 17.1 Å². The predicted octanol–water partition coefficient (Wildman–Crippen LogP) is 2.90. The maximum absolute atomic E-state index is 4.36. The molecule has 11 heavy (non-hydrogen) atoms. The summed E-state index contributed by atoms with van der Waals surface area (Å²) >= 11 is 4.36. The van der Waals surface area contributed by atoms with Gasteiger partial charge in [0.25, 0.3) is 0 Å². The van der Waals surface area contributed by atoms with Crippen LogP contribution in [-0.4, -0.2) is 0 Å². The maximum Gasteiger partial charge on any atom is 2.00 e.